The maximum absolute atomic E-state index is 13.1. The van der Waals surface area contributed by atoms with Crippen LogP contribution >= 0.6 is 15.9 Å². The molecule has 0 spiro atoms. The predicted molar refractivity (Wildman–Crippen MR) is 113 cm³/mol. The molecule has 1 saturated heterocycles. The fourth-order valence-corrected chi connectivity index (χ4v) is 4.58. The molecule has 0 bridgehead atoms. The fourth-order valence-electron chi connectivity index (χ4n) is 4.17. The predicted octanol–water partition coefficient (Wildman–Crippen LogP) is 4.13. The van der Waals surface area contributed by atoms with Crippen molar-refractivity contribution >= 4 is 27.5 Å². The Balaban J connectivity index is 1.30. The van der Waals surface area contributed by atoms with Gasteiger partial charge in [0.2, 0.25) is 0 Å². The van der Waals surface area contributed by atoms with Gasteiger partial charge in [0.1, 0.15) is 11.5 Å². The van der Waals surface area contributed by atoms with E-state index in [1.807, 2.05) is 23.1 Å². The highest BCUT2D eigenvalue weighted by atomic mass is 79.9. The summed E-state index contributed by atoms with van der Waals surface area (Å²) in [5.41, 5.74) is 3.17. The largest absolute Gasteiger partial charge is 0.411 e. The van der Waals surface area contributed by atoms with Gasteiger partial charge in [-0.25, -0.2) is 4.39 Å². The van der Waals surface area contributed by atoms with E-state index in [0.717, 1.165) is 53.6 Å². The quantitative estimate of drug-likeness (QED) is 0.415. The van der Waals surface area contributed by atoms with Crippen molar-refractivity contribution in [2.24, 2.45) is 11.1 Å². The first kappa shape index (κ1) is 20.0. The topological polar surface area (TPSA) is 56.1 Å². The number of fused-ring (bicyclic) bond motifs is 1. The number of carbonyl (C=O) groups is 1. The van der Waals surface area contributed by atoms with Crippen molar-refractivity contribution in [2.75, 3.05) is 26.2 Å². The van der Waals surface area contributed by atoms with Gasteiger partial charge in [0, 0.05) is 35.2 Å². The molecule has 0 aromatic heterocycles. The number of halogens is 2. The Hall–Kier alpha value is -2.25. The molecule has 2 aliphatic rings. The summed E-state index contributed by atoms with van der Waals surface area (Å²) in [5.74, 6) is 0.284. The van der Waals surface area contributed by atoms with E-state index in [2.05, 4.69) is 26.0 Å². The van der Waals surface area contributed by atoms with Gasteiger partial charge in [0.25, 0.3) is 5.91 Å². The minimum Gasteiger partial charge on any atom is -0.411 e. The zero-order valence-corrected chi connectivity index (χ0v) is 17.6. The van der Waals surface area contributed by atoms with Gasteiger partial charge in [-0.15, -0.1) is 0 Å². The van der Waals surface area contributed by atoms with Crippen molar-refractivity contribution in [3.8, 4) is 0 Å². The maximum Gasteiger partial charge on any atom is 0.254 e. The number of piperidine rings is 1. The Morgan fingerprint density at radius 2 is 1.90 bits per heavy atom. The van der Waals surface area contributed by atoms with Crippen LogP contribution in [0.3, 0.4) is 0 Å². The lowest BCUT2D eigenvalue weighted by atomic mass is 9.95. The molecule has 0 saturated carbocycles. The van der Waals surface area contributed by atoms with Crippen molar-refractivity contribution in [1.82, 2.24) is 9.80 Å². The van der Waals surface area contributed by atoms with E-state index in [9.17, 15) is 14.4 Å². The molecule has 29 heavy (non-hydrogen) atoms. The van der Waals surface area contributed by atoms with E-state index < -0.39 is 0 Å². The summed E-state index contributed by atoms with van der Waals surface area (Å²) in [5, 5.41) is 12.8. The summed E-state index contributed by atoms with van der Waals surface area (Å²) >= 11 is 3.47. The first-order valence-corrected chi connectivity index (χ1v) is 10.6. The smallest absolute Gasteiger partial charge is 0.254 e. The van der Waals surface area contributed by atoms with Crippen LogP contribution in [0.25, 0.3) is 0 Å². The van der Waals surface area contributed by atoms with Crippen LogP contribution < -0.4 is 0 Å². The molecule has 0 unspecified atom stereocenters. The number of carbonyl (C=O) groups excluding carboxylic acids is 1. The molecular formula is C22H23BrFN3O2. The Labute approximate surface area is 177 Å². The Bertz CT molecular complexity index is 924. The third kappa shape index (κ3) is 4.51. The van der Waals surface area contributed by atoms with Crippen LogP contribution in [0, 0.1) is 11.7 Å². The summed E-state index contributed by atoms with van der Waals surface area (Å²) in [6.07, 6.45) is 1.98. The molecule has 0 atom stereocenters. The van der Waals surface area contributed by atoms with Gasteiger partial charge in [-0.05, 0) is 67.7 Å². The molecule has 0 aliphatic carbocycles. The van der Waals surface area contributed by atoms with E-state index >= 15 is 0 Å². The summed E-state index contributed by atoms with van der Waals surface area (Å²) in [6, 6.07) is 11.8. The molecule has 2 aromatic rings. The summed E-state index contributed by atoms with van der Waals surface area (Å²) in [7, 11) is 0. The number of oxime groups is 1. The summed E-state index contributed by atoms with van der Waals surface area (Å²) in [6.45, 7) is 3.74. The van der Waals surface area contributed by atoms with Gasteiger partial charge in [0.15, 0.2) is 0 Å². The Morgan fingerprint density at radius 3 is 2.59 bits per heavy atom. The molecule has 1 amide bonds. The third-order valence-electron chi connectivity index (χ3n) is 5.80. The Morgan fingerprint density at radius 1 is 1.17 bits per heavy atom. The number of likely N-dealkylation sites (tertiary alicyclic amines) is 1. The van der Waals surface area contributed by atoms with E-state index in [4.69, 9.17) is 0 Å². The van der Waals surface area contributed by atoms with Crippen molar-refractivity contribution in [3.63, 3.8) is 0 Å². The number of hydrogen-bond acceptors (Lipinski definition) is 4. The lowest BCUT2D eigenvalue weighted by Gasteiger charge is -2.33. The first-order valence-electron chi connectivity index (χ1n) is 9.80. The normalized spacial score (nSPS) is 18.3. The van der Waals surface area contributed by atoms with Gasteiger partial charge in [-0.2, -0.15) is 0 Å². The van der Waals surface area contributed by atoms with E-state index in [1.165, 1.54) is 12.1 Å². The van der Waals surface area contributed by atoms with Crippen LogP contribution in [0.15, 0.2) is 52.1 Å². The van der Waals surface area contributed by atoms with Gasteiger partial charge in [-0.3, -0.25) is 9.69 Å². The van der Waals surface area contributed by atoms with E-state index in [1.54, 1.807) is 12.1 Å². The lowest BCUT2D eigenvalue weighted by Crippen LogP contribution is -2.41. The molecule has 0 radical (unpaired) electrons. The summed E-state index contributed by atoms with van der Waals surface area (Å²) < 4.78 is 14.1. The van der Waals surface area contributed by atoms with Crippen LogP contribution in [0.2, 0.25) is 0 Å². The molecule has 1 N–H and O–H groups in total. The molecule has 4 rings (SSSR count). The number of rotatable bonds is 5. The number of nitrogens with zero attached hydrogens (tertiary/aromatic N) is 3. The average Bonchev–Trinajstić information content (AvgIpc) is 3.02. The minimum atomic E-state index is -0.308. The van der Waals surface area contributed by atoms with Crippen LogP contribution in [-0.4, -0.2) is 52.8 Å². The molecule has 1 fully saturated rings. The van der Waals surface area contributed by atoms with Gasteiger partial charge < -0.3 is 10.1 Å². The number of benzene rings is 2. The molecule has 2 aliphatic heterocycles. The molecule has 152 valence electrons. The standard InChI is InChI=1S/C22H23BrFN3O2/c23-18-3-6-20-17(11-18)13-27(22(20)28)12-15-7-9-26(10-8-15)14-21(25-29)16-1-4-19(24)5-2-16/h1-6,11,15,29H,7-10,12-14H2/b25-21+. The van der Waals surface area contributed by atoms with Crippen molar-refractivity contribution in [2.45, 2.75) is 19.4 Å². The van der Waals surface area contributed by atoms with E-state index in [-0.39, 0.29) is 11.7 Å². The second-order valence-electron chi connectivity index (χ2n) is 7.76. The second kappa shape index (κ2) is 8.63. The average molecular weight is 460 g/mol. The van der Waals surface area contributed by atoms with Crippen LogP contribution in [0.1, 0.15) is 34.3 Å². The maximum atomic E-state index is 13.1. The van der Waals surface area contributed by atoms with E-state index in [0.29, 0.717) is 24.7 Å². The first-order chi connectivity index (χ1) is 14.0. The third-order valence-corrected chi connectivity index (χ3v) is 6.30. The van der Waals surface area contributed by atoms with Gasteiger partial charge in [-0.1, -0.05) is 33.2 Å². The SMILES string of the molecule is O=C1c2ccc(Br)cc2CN1CC1CCN(C/C(=N\O)c2ccc(F)cc2)CC1. The number of hydrogen-bond donors (Lipinski definition) is 1. The highest BCUT2D eigenvalue weighted by molar-refractivity contribution is 9.10. The molecule has 2 aromatic carbocycles. The number of amides is 1. The zero-order chi connectivity index (χ0) is 20.4. The second-order valence-corrected chi connectivity index (χ2v) is 8.68. The van der Waals surface area contributed by atoms with Crippen LogP contribution in [-0.2, 0) is 6.54 Å². The molecule has 7 heteroatoms. The molecule has 5 nitrogen and oxygen atoms in total. The highest BCUT2D eigenvalue weighted by Gasteiger charge is 2.30. The monoisotopic (exact) mass is 459 g/mol. The van der Waals surface area contributed by atoms with Crippen LogP contribution in [0.5, 0.6) is 0 Å². The highest BCUT2D eigenvalue weighted by Crippen LogP contribution is 2.28. The Kier molecular flexibility index (Phi) is 5.96. The van der Waals surface area contributed by atoms with Gasteiger partial charge in [0.05, 0.1) is 0 Å². The summed E-state index contributed by atoms with van der Waals surface area (Å²) in [4.78, 5) is 16.8. The minimum absolute atomic E-state index is 0.126. The van der Waals surface area contributed by atoms with Crippen LogP contribution in [0.4, 0.5) is 4.39 Å². The molecular weight excluding hydrogens is 437 g/mol. The fraction of sp³-hybridized carbons (Fsp3) is 0.364. The zero-order valence-electron chi connectivity index (χ0n) is 16.0. The van der Waals surface area contributed by atoms with Crippen molar-refractivity contribution in [3.05, 3.63) is 69.4 Å². The van der Waals surface area contributed by atoms with Crippen molar-refractivity contribution < 1.29 is 14.4 Å². The lowest BCUT2D eigenvalue weighted by molar-refractivity contribution is 0.0719. The van der Waals surface area contributed by atoms with Crippen molar-refractivity contribution in [1.29, 1.82) is 0 Å². The molecule has 2 heterocycles. The van der Waals surface area contributed by atoms with Gasteiger partial charge >= 0.3 is 0 Å².